The van der Waals surface area contributed by atoms with Crippen molar-refractivity contribution in [1.29, 1.82) is 0 Å². The summed E-state index contributed by atoms with van der Waals surface area (Å²) in [4.78, 5) is 26.5. The van der Waals surface area contributed by atoms with Gasteiger partial charge in [0.25, 0.3) is 11.8 Å². The summed E-state index contributed by atoms with van der Waals surface area (Å²) in [6.07, 6.45) is 0. The number of nitrogens with one attached hydrogen (secondary N) is 1. The summed E-state index contributed by atoms with van der Waals surface area (Å²) in [7, 11) is 0. The molecule has 0 spiro atoms. The molecular formula is C23H20N2O4. The summed E-state index contributed by atoms with van der Waals surface area (Å²) >= 11 is 0. The number of carbonyl (C=O) groups is 2. The van der Waals surface area contributed by atoms with Gasteiger partial charge >= 0.3 is 0 Å². The van der Waals surface area contributed by atoms with Crippen molar-refractivity contribution in [2.75, 3.05) is 16.8 Å². The number of hydrogen-bond acceptors (Lipinski definition) is 4. The smallest absolute Gasteiger partial charge is 0.265 e. The zero-order valence-corrected chi connectivity index (χ0v) is 15.9. The first kappa shape index (κ1) is 18.6. The summed E-state index contributed by atoms with van der Waals surface area (Å²) in [5, 5.41) is 12.7. The zero-order chi connectivity index (χ0) is 20.4. The number of aromatic hydroxyl groups is 1. The minimum atomic E-state index is -0.316. The van der Waals surface area contributed by atoms with Gasteiger partial charge in [0.1, 0.15) is 11.5 Å². The highest BCUT2D eigenvalue weighted by Gasteiger charge is 2.25. The second-order valence-electron chi connectivity index (χ2n) is 6.91. The fraction of sp³-hybridized carbons (Fsp3) is 0.130. The van der Waals surface area contributed by atoms with Gasteiger partial charge < -0.3 is 20.1 Å². The number of phenols is 1. The zero-order valence-electron chi connectivity index (χ0n) is 15.9. The maximum Gasteiger partial charge on any atom is 0.265 e. The molecule has 2 N–H and O–H groups in total. The van der Waals surface area contributed by atoms with Crippen LogP contribution in [-0.4, -0.2) is 23.5 Å². The van der Waals surface area contributed by atoms with Gasteiger partial charge in [0.05, 0.1) is 17.9 Å². The van der Waals surface area contributed by atoms with Crippen LogP contribution >= 0.6 is 0 Å². The van der Waals surface area contributed by atoms with Gasteiger partial charge in [0.15, 0.2) is 6.61 Å². The molecule has 0 saturated heterocycles. The third-order valence-corrected chi connectivity index (χ3v) is 4.77. The molecule has 0 bridgehead atoms. The molecule has 0 aliphatic carbocycles. The number of carbonyl (C=O) groups excluding carboxylic acids is 2. The Kier molecular flexibility index (Phi) is 4.91. The Labute approximate surface area is 168 Å². The lowest BCUT2D eigenvalue weighted by Gasteiger charge is -2.29. The van der Waals surface area contributed by atoms with E-state index >= 15 is 0 Å². The van der Waals surface area contributed by atoms with Crippen molar-refractivity contribution in [3.8, 4) is 11.5 Å². The highest BCUT2D eigenvalue weighted by Crippen LogP contribution is 2.32. The largest absolute Gasteiger partial charge is 0.506 e. The number of benzene rings is 3. The number of hydrogen-bond donors (Lipinski definition) is 2. The summed E-state index contributed by atoms with van der Waals surface area (Å²) < 4.78 is 5.46. The van der Waals surface area contributed by atoms with Crippen LogP contribution in [0.4, 0.5) is 11.4 Å². The Balaban J connectivity index is 1.48. The van der Waals surface area contributed by atoms with E-state index in [4.69, 9.17) is 4.74 Å². The molecule has 1 heterocycles. The average Bonchev–Trinajstić information content (AvgIpc) is 2.72. The van der Waals surface area contributed by atoms with Gasteiger partial charge in [0.2, 0.25) is 0 Å². The van der Waals surface area contributed by atoms with Crippen LogP contribution in [0.15, 0.2) is 66.7 Å². The van der Waals surface area contributed by atoms with Crippen LogP contribution in [0, 0.1) is 6.92 Å². The van der Waals surface area contributed by atoms with Crippen molar-refractivity contribution in [2.45, 2.75) is 13.5 Å². The molecular weight excluding hydrogens is 368 g/mol. The monoisotopic (exact) mass is 388 g/mol. The number of anilines is 2. The highest BCUT2D eigenvalue weighted by atomic mass is 16.5. The van der Waals surface area contributed by atoms with E-state index in [1.165, 1.54) is 0 Å². The van der Waals surface area contributed by atoms with E-state index in [-0.39, 0.29) is 24.2 Å². The predicted molar refractivity (Wildman–Crippen MR) is 110 cm³/mol. The van der Waals surface area contributed by atoms with Crippen LogP contribution in [0.3, 0.4) is 0 Å². The Morgan fingerprint density at radius 2 is 1.86 bits per heavy atom. The number of para-hydroxylation sites is 2. The van der Waals surface area contributed by atoms with Crippen LogP contribution in [0.2, 0.25) is 0 Å². The molecule has 6 heteroatoms. The second kappa shape index (κ2) is 7.67. The molecule has 3 aromatic rings. The lowest BCUT2D eigenvalue weighted by molar-refractivity contribution is -0.121. The number of nitrogens with zero attached hydrogens (tertiary/aromatic N) is 1. The molecule has 0 radical (unpaired) electrons. The fourth-order valence-electron chi connectivity index (χ4n) is 3.21. The van der Waals surface area contributed by atoms with E-state index in [9.17, 15) is 14.7 Å². The first-order chi connectivity index (χ1) is 14.0. The predicted octanol–water partition coefficient (Wildman–Crippen LogP) is 3.88. The van der Waals surface area contributed by atoms with E-state index in [2.05, 4.69) is 5.32 Å². The summed E-state index contributed by atoms with van der Waals surface area (Å²) in [6.45, 7) is 2.26. The Morgan fingerprint density at radius 3 is 2.62 bits per heavy atom. The topological polar surface area (TPSA) is 78.9 Å². The lowest BCUT2D eigenvalue weighted by atomic mass is 10.1. The third kappa shape index (κ3) is 3.91. The highest BCUT2D eigenvalue weighted by molar-refractivity contribution is 6.05. The van der Waals surface area contributed by atoms with Crippen LogP contribution in [-0.2, 0) is 11.3 Å². The number of phenolic OH excluding ortho intramolecular Hbond substituents is 1. The lowest BCUT2D eigenvalue weighted by Crippen LogP contribution is -2.38. The van der Waals surface area contributed by atoms with Crippen molar-refractivity contribution in [3.05, 3.63) is 83.4 Å². The molecule has 1 aliphatic rings. The molecule has 6 nitrogen and oxygen atoms in total. The second-order valence-corrected chi connectivity index (χ2v) is 6.91. The van der Waals surface area contributed by atoms with Crippen LogP contribution in [0.1, 0.15) is 21.5 Å². The van der Waals surface area contributed by atoms with Crippen LogP contribution in [0.5, 0.6) is 11.5 Å². The number of ether oxygens (including phenoxy) is 1. The van der Waals surface area contributed by atoms with Crippen LogP contribution in [0.25, 0.3) is 0 Å². The van der Waals surface area contributed by atoms with E-state index in [0.717, 1.165) is 16.8 Å². The van der Waals surface area contributed by atoms with Gasteiger partial charge in [-0.3, -0.25) is 9.59 Å². The molecule has 0 fully saturated rings. The average molecular weight is 388 g/mol. The summed E-state index contributed by atoms with van der Waals surface area (Å²) in [5.41, 5.74) is 3.36. The van der Waals surface area contributed by atoms with Crippen molar-refractivity contribution < 1.29 is 19.4 Å². The molecule has 29 heavy (non-hydrogen) atoms. The molecule has 0 aromatic heterocycles. The normalized spacial score (nSPS) is 12.9. The maximum atomic E-state index is 12.5. The van der Waals surface area contributed by atoms with Gasteiger partial charge in [-0.25, -0.2) is 0 Å². The molecule has 1 aliphatic heterocycles. The van der Waals surface area contributed by atoms with Gasteiger partial charge in [0, 0.05) is 5.56 Å². The number of fused-ring (bicyclic) bond motifs is 1. The Hall–Kier alpha value is -3.80. The summed E-state index contributed by atoms with van der Waals surface area (Å²) in [5.74, 6) is 0.282. The minimum absolute atomic E-state index is 0.0115. The minimum Gasteiger partial charge on any atom is -0.506 e. The van der Waals surface area contributed by atoms with Gasteiger partial charge in [-0.05, 0) is 54.4 Å². The molecule has 3 aromatic carbocycles. The van der Waals surface area contributed by atoms with Gasteiger partial charge in [-0.2, -0.15) is 0 Å². The van der Waals surface area contributed by atoms with Crippen molar-refractivity contribution in [2.24, 2.45) is 0 Å². The Bertz CT molecular complexity index is 1080. The van der Waals surface area contributed by atoms with E-state index in [0.29, 0.717) is 23.5 Å². The molecule has 0 saturated carbocycles. The number of amides is 2. The first-order valence-electron chi connectivity index (χ1n) is 9.23. The van der Waals surface area contributed by atoms with Crippen molar-refractivity contribution in [3.63, 3.8) is 0 Å². The molecule has 0 unspecified atom stereocenters. The van der Waals surface area contributed by atoms with E-state index in [1.807, 2.05) is 49.4 Å². The van der Waals surface area contributed by atoms with Crippen molar-refractivity contribution >= 4 is 23.2 Å². The molecule has 2 amide bonds. The summed E-state index contributed by atoms with van der Waals surface area (Å²) in [6, 6.07) is 19.5. The van der Waals surface area contributed by atoms with Crippen molar-refractivity contribution in [1.82, 2.24) is 0 Å². The Morgan fingerprint density at radius 1 is 1.10 bits per heavy atom. The van der Waals surface area contributed by atoms with Gasteiger partial charge in [-0.1, -0.05) is 30.3 Å². The van der Waals surface area contributed by atoms with Gasteiger partial charge in [-0.15, -0.1) is 0 Å². The van der Waals surface area contributed by atoms with E-state index < -0.39 is 0 Å². The number of rotatable bonds is 4. The van der Waals surface area contributed by atoms with Crippen LogP contribution < -0.4 is 15.0 Å². The standard InChI is InChI=1S/C23H20N2O4/c1-15-6-11-18(20(26)12-15)24-23(28)17-9-7-16(8-10-17)13-25-19-4-2-3-5-21(19)29-14-22(25)27/h2-12,26H,13-14H2,1H3,(H,24,28). The number of aryl methyl sites for hydroxylation is 1. The quantitative estimate of drug-likeness (QED) is 0.665. The molecule has 146 valence electrons. The molecule has 4 rings (SSSR count). The first-order valence-corrected chi connectivity index (χ1v) is 9.23. The maximum absolute atomic E-state index is 12.5. The van der Waals surface area contributed by atoms with E-state index in [1.54, 1.807) is 29.2 Å². The fourth-order valence-corrected chi connectivity index (χ4v) is 3.21. The third-order valence-electron chi connectivity index (χ3n) is 4.77. The SMILES string of the molecule is Cc1ccc(NC(=O)c2ccc(CN3C(=O)COc4ccccc43)cc2)c(O)c1. The molecule has 0 atom stereocenters.